The number of nitrogens with two attached hydrogens (primary N) is 2. The monoisotopic (exact) mass is 135 g/mol. The third-order valence-electron chi connectivity index (χ3n) is 1.12. The van der Waals surface area contributed by atoms with Crippen LogP contribution in [0.15, 0.2) is 24.9 Å². The van der Waals surface area contributed by atoms with Crippen LogP contribution in [0, 0.1) is 0 Å². The molecule has 4 N–H and O–H groups in total. The van der Waals surface area contributed by atoms with Crippen LogP contribution < -0.4 is 11.5 Å². The van der Waals surface area contributed by atoms with Crippen LogP contribution in [-0.2, 0) is 0 Å². The second-order valence-corrected chi connectivity index (χ2v) is 2.00. The molecule has 0 saturated carbocycles. The van der Waals surface area contributed by atoms with Crippen molar-refractivity contribution < 1.29 is 0 Å². The maximum Gasteiger partial charge on any atom is 0.0854 e. The van der Waals surface area contributed by atoms with Gasteiger partial charge in [-0.3, -0.25) is 4.98 Å². The Balaban J connectivity index is 3.00. The molecule has 1 heterocycles. The van der Waals surface area contributed by atoms with Crippen LogP contribution in [0.25, 0.3) is 5.70 Å². The minimum absolute atomic E-state index is 0.458. The van der Waals surface area contributed by atoms with E-state index in [2.05, 4.69) is 11.6 Å². The van der Waals surface area contributed by atoms with Crippen LogP contribution in [0.2, 0.25) is 0 Å². The maximum absolute atomic E-state index is 5.39. The molecule has 0 atom stereocenters. The SMILES string of the molecule is C=C(N)c1ccc(N)cn1. The van der Waals surface area contributed by atoms with Gasteiger partial charge >= 0.3 is 0 Å². The molecular weight excluding hydrogens is 126 g/mol. The van der Waals surface area contributed by atoms with Gasteiger partial charge in [0.05, 0.1) is 23.3 Å². The number of nitrogens with zero attached hydrogens (tertiary/aromatic N) is 1. The fourth-order valence-electron chi connectivity index (χ4n) is 0.595. The van der Waals surface area contributed by atoms with Crippen LogP contribution in [0.4, 0.5) is 5.69 Å². The second-order valence-electron chi connectivity index (χ2n) is 2.00. The Morgan fingerprint density at radius 1 is 1.50 bits per heavy atom. The summed E-state index contributed by atoms with van der Waals surface area (Å²) in [4.78, 5) is 3.93. The summed E-state index contributed by atoms with van der Waals surface area (Å²) in [5.74, 6) is 0. The van der Waals surface area contributed by atoms with Gasteiger partial charge in [0.15, 0.2) is 0 Å². The predicted octanol–water partition coefficient (Wildman–Crippen LogP) is 0.593. The lowest BCUT2D eigenvalue weighted by Crippen LogP contribution is -1.97. The summed E-state index contributed by atoms with van der Waals surface area (Å²) in [6.07, 6.45) is 1.55. The Morgan fingerprint density at radius 3 is 2.60 bits per heavy atom. The van der Waals surface area contributed by atoms with Crippen molar-refractivity contribution in [2.24, 2.45) is 5.73 Å². The summed E-state index contributed by atoms with van der Waals surface area (Å²) in [7, 11) is 0. The van der Waals surface area contributed by atoms with E-state index in [1.165, 1.54) is 0 Å². The number of hydrogen-bond acceptors (Lipinski definition) is 3. The topological polar surface area (TPSA) is 64.9 Å². The molecule has 0 unspecified atom stereocenters. The first kappa shape index (κ1) is 6.61. The highest BCUT2D eigenvalue weighted by molar-refractivity contribution is 5.57. The molecule has 0 bridgehead atoms. The molecule has 0 radical (unpaired) electrons. The highest BCUT2D eigenvalue weighted by atomic mass is 14.8. The summed E-state index contributed by atoms with van der Waals surface area (Å²) >= 11 is 0. The van der Waals surface area contributed by atoms with Crippen molar-refractivity contribution in [1.82, 2.24) is 4.98 Å². The Kier molecular flexibility index (Phi) is 1.58. The maximum atomic E-state index is 5.39. The van der Waals surface area contributed by atoms with Crippen molar-refractivity contribution >= 4 is 11.4 Å². The van der Waals surface area contributed by atoms with E-state index < -0.39 is 0 Å². The lowest BCUT2D eigenvalue weighted by atomic mass is 10.3. The van der Waals surface area contributed by atoms with Gasteiger partial charge < -0.3 is 11.5 Å². The molecule has 52 valence electrons. The van der Waals surface area contributed by atoms with E-state index in [-0.39, 0.29) is 0 Å². The van der Waals surface area contributed by atoms with Crippen molar-refractivity contribution in [3.63, 3.8) is 0 Å². The number of nitrogen functional groups attached to an aromatic ring is 1. The van der Waals surface area contributed by atoms with Gasteiger partial charge in [0.1, 0.15) is 0 Å². The number of hydrogen-bond donors (Lipinski definition) is 2. The minimum Gasteiger partial charge on any atom is -0.397 e. The fraction of sp³-hybridized carbons (Fsp3) is 0. The second kappa shape index (κ2) is 2.39. The molecule has 1 aromatic heterocycles. The number of aromatic nitrogens is 1. The first-order valence-corrected chi connectivity index (χ1v) is 2.86. The molecule has 0 aliphatic heterocycles. The standard InChI is InChI=1S/C7H9N3/c1-5(8)7-3-2-6(9)4-10-7/h2-4H,1,8-9H2. The van der Waals surface area contributed by atoms with E-state index in [1.54, 1.807) is 18.3 Å². The largest absolute Gasteiger partial charge is 0.397 e. The number of rotatable bonds is 1. The first-order chi connectivity index (χ1) is 4.70. The van der Waals surface area contributed by atoms with Crippen molar-refractivity contribution in [2.75, 3.05) is 5.73 Å². The zero-order valence-corrected chi connectivity index (χ0v) is 5.54. The summed E-state index contributed by atoms with van der Waals surface area (Å²) < 4.78 is 0. The molecular formula is C7H9N3. The van der Waals surface area contributed by atoms with Crippen molar-refractivity contribution in [3.05, 3.63) is 30.6 Å². The van der Waals surface area contributed by atoms with Crippen LogP contribution in [-0.4, -0.2) is 4.98 Å². The third kappa shape index (κ3) is 1.25. The van der Waals surface area contributed by atoms with Crippen LogP contribution in [0.1, 0.15) is 5.69 Å². The van der Waals surface area contributed by atoms with Gasteiger partial charge in [-0.05, 0) is 12.1 Å². The number of pyridine rings is 1. The van der Waals surface area contributed by atoms with E-state index in [0.29, 0.717) is 17.1 Å². The Hall–Kier alpha value is -1.51. The van der Waals surface area contributed by atoms with Crippen molar-refractivity contribution in [2.45, 2.75) is 0 Å². The Morgan fingerprint density at radius 2 is 2.20 bits per heavy atom. The van der Waals surface area contributed by atoms with Crippen LogP contribution in [0.3, 0.4) is 0 Å². The summed E-state index contributed by atoms with van der Waals surface area (Å²) in [5.41, 5.74) is 12.5. The lowest BCUT2D eigenvalue weighted by Gasteiger charge is -1.96. The zero-order valence-electron chi connectivity index (χ0n) is 5.54. The zero-order chi connectivity index (χ0) is 7.56. The molecule has 3 nitrogen and oxygen atoms in total. The van der Waals surface area contributed by atoms with Gasteiger partial charge in [-0.25, -0.2) is 0 Å². The van der Waals surface area contributed by atoms with E-state index in [4.69, 9.17) is 11.5 Å². The molecule has 10 heavy (non-hydrogen) atoms. The molecule has 0 aliphatic carbocycles. The lowest BCUT2D eigenvalue weighted by molar-refractivity contribution is 1.26. The van der Waals surface area contributed by atoms with Gasteiger partial charge in [0.2, 0.25) is 0 Å². The Labute approximate surface area is 59.4 Å². The van der Waals surface area contributed by atoms with Gasteiger partial charge in [-0.15, -0.1) is 0 Å². The highest BCUT2D eigenvalue weighted by Crippen LogP contribution is 2.04. The van der Waals surface area contributed by atoms with E-state index >= 15 is 0 Å². The molecule has 0 aliphatic rings. The summed E-state index contributed by atoms with van der Waals surface area (Å²) in [5, 5.41) is 0. The molecule has 1 rings (SSSR count). The van der Waals surface area contributed by atoms with Crippen LogP contribution >= 0.6 is 0 Å². The van der Waals surface area contributed by atoms with E-state index in [9.17, 15) is 0 Å². The Bertz CT molecular complexity index is 238. The molecule has 0 saturated heterocycles. The molecule has 0 fully saturated rings. The van der Waals surface area contributed by atoms with Gasteiger partial charge in [0.25, 0.3) is 0 Å². The average molecular weight is 135 g/mol. The molecule has 0 spiro atoms. The fourth-order valence-corrected chi connectivity index (χ4v) is 0.595. The quantitative estimate of drug-likeness (QED) is 0.592. The first-order valence-electron chi connectivity index (χ1n) is 2.86. The number of anilines is 1. The highest BCUT2D eigenvalue weighted by Gasteiger charge is 1.92. The van der Waals surface area contributed by atoms with E-state index in [1.807, 2.05) is 0 Å². The molecule has 1 aromatic rings. The summed E-state index contributed by atoms with van der Waals surface area (Å²) in [6.45, 7) is 3.53. The smallest absolute Gasteiger partial charge is 0.0854 e. The summed E-state index contributed by atoms with van der Waals surface area (Å²) in [6, 6.07) is 3.47. The third-order valence-corrected chi connectivity index (χ3v) is 1.12. The minimum atomic E-state index is 0.458. The van der Waals surface area contributed by atoms with E-state index in [0.717, 1.165) is 0 Å². The molecule has 3 heteroatoms. The van der Waals surface area contributed by atoms with Crippen LogP contribution in [0.5, 0.6) is 0 Å². The van der Waals surface area contributed by atoms with Gasteiger partial charge in [0, 0.05) is 0 Å². The van der Waals surface area contributed by atoms with Crippen molar-refractivity contribution in [1.29, 1.82) is 0 Å². The average Bonchev–Trinajstić information content (AvgIpc) is 1.88. The normalized spacial score (nSPS) is 9.20. The molecule has 0 amide bonds. The van der Waals surface area contributed by atoms with Gasteiger partial charge in [-0.2, -0.15) is 0 Å². The van der Waals surface area contributed by atoms with Crippen molar-refractivity contribution in [3.8, 4) is 0 Å². The van der Waals surface area contributed by atoms with Gasteiger partial charge in [-0.1, -0.05) is 6.58 Å². The predicted molar refractivity (Wildman–Crippen MR) is 41.9 cm³/mol. The molecule has 0 aromatic carbocycles.